The molecule has 0 radical (unpaired) electrons. The van der Waals surface area contributed by atoms with Crippen LogP contribution in [-0.4, -0.2) is 15.1 Å². The van der Waals surface area contributed by atoms with Crippen LogP contribution in [0.2, 0.25) is 0 Å². The fourth-order valence-electron chi connectivity index (χ4n) is 0.820. The summed E-state index contributed by atoms with van der Waals surface area (Å²) in [6, 6.07) is 0. The molecule has 1 N–H and O–H groups in total. The summed E-state index contributed by atoms with van der Waals surface area (Å²) in [6.45, 7) is 3.62. The average molecular weight is 176 g/mol. The largest absolute Gasteiger partial charge is 0.505 e. The summed E-state index contributed by atoms with van der Waals surface area (Å²) in [4.78, 5) is 7.80. The van der Waals surface area contributed by atoms with Gasteiger partial charge in [-0.15, -0.1) is 6.58 Å². The van der Waals surface area contributed by atoms with Gasteiger partial charge in [0.2, 0.25) is 0 Å². The number of hydrogen-bond donors (Lipinski definition) is 1. The van der Waals surface area contributed by atoms with Crippen LogP contribution in [0.5, 0.6) is 5.75 Å². The molecule has 1 rings (SSSR count). The van der Waals surface area contributed by atoms with Gasteiger partial charge in [-0.3, -0.25) is 0 Å². The zero-order valence-corrected chi connectivity index (χ0v) is 7.35. The molecule has 3 heteroatoms. The number of rotatable bonds is 4. The molecule has 0 spiro atoms. The minimum Gasteiger partial charge on any atom is -0.505 e. The van der Waals surface area contributed by atoms with Crippen LogP contribution in [0.25, 0.3) is 6.08 Å². The van der Waals surface area contributed by atoms with Gasteiger partial charge in [-0.05, 0) is 18.9 Å². The highest BCUT2D eigenvalue weighted by atomic mass is 16.3. The van der Waals surface area contributed by atoms with Crippen molar-refractivity contribution in [3.8, 4) is 5.75 Å². The quantitative estimate of drug-likeness (QED) is 0.564. The van der Waals surface area contributed by atoms with Gasteiger partial charge in [-0.25, -0.2) is 9.97 Å². The van der Waals surface area contributed by atoms with E-state index < -0.39 is 0 Å². The summed E-state index contributed by atoms with van der Waals surface area (Å²) in [6.07, 6.45) is 10.3. The lowest BCUT2D eigenvalue weighted by Crippen LogP contribution is -1.83. The standard InChI is InChI=1S/C10H12N2O/c1-2-3-4-5-6-10-11-7-9(13)8-12-10/h2,5-8,13H,1,3-4H2/b6-5+. The summed E-state index contributed by atoms with van der Waals surface area (Å²) in [7, 11) is 0. The Balaban J connectivity index is 2.49. The Morgan fingerprint density at radius 3 is 2.62 bits per heavy atom. The maximum Gasteiger partial charge on any atom is 0.152 e. The van der Waals surface area contributed by atoms with Crippen LogP contribution < -0.4 is 0 Å². The highest BCUT2D eigenvalue weighted by Crippen LogP contribution is 2.03. The van der Waals surface area contributed by atoms with Crippen molar-refractivity contribution in [3.63, 3.8) is 0 Å². The molecule has 0 bridgehead atoms. The van der Waals surface area contributed by atoms with E-state index in [1.165, 1.54) is 12.4 Å². The van der Waals surface area contributed by atoms with Crippen molar-refractivity contribution in [2.45, 2.75) is 12.8 Å². The second-order valence-corrected chi connectivity index (χ2v) is 2.57. The Kier molecular flexibility index (Phi) is 3.70. The fourth-order valence-corrected chi connectivity index (χ4v) is 0.820. The molecule has 0 aliphatic rings. The normalized spacial score (nSPS) is 10.5. The SMILES string of the molecule is C=CCC/C=C/c1ncc(O)cn1. The predicted octanol–water partition coefficient (Wildman–Crippen LogP) is 2.16. The number of allylic oxidation sites excluding steroid dienone is 2. The zero-order valence-electron chi connectivity index (χ0n) is 7.35. The lowest BCUT2D eigenvalue weighted by Gasteiger charge is -1.91. The molecule has 0 aromatic carbocycles. The summed E-state index contributed by atoms with van der Waals surface area (Å²) in [5, 5.41) is 8.90. The monoisotopic (exact) mass is 176 g/mol. The molecule has 1 aromatic heterocycles. The summed E-state index contributed by atoms with van der Waals surface area (Å²) >= 11 is 0. The van der Waals surface area contributed by atoms with E-state index in [9.17, 15) is 0 Å². The Hall–Kier alpha value is -1.64. The fraction of sp³-hybridized carbons (Fsp3) is 0.200. The molecule has 1 heterocycles. The first-order valence-electron chi connectivity index (χ1n) is 4.11. The summed E-state index contributed by atoms with van der Waals surface area (Å²) in [5.74, 6) is 0.699. The number of aromatic nitrogens is 2. The highest BCUT2D eigenvalue weighted by Gasteiger charge is 1.89. The Labute approximate surface area is 77.5 Å². The third-order valence-electron chi connectivity index (χ3n) is 1.46. The van der Waals surface area contributed by atoms with Crippen molar-refractivity contribution in [2.75, 3.05) is 0 Å². The third-order valence-corrected chi connectivity index (χ3v) is 1.46. The molecule has 68 valence electrons. The molecular formula is C10H12N2O. The van der Waals surface area contributed by atoms with Gasteiger partial charge in [0.25, 0.3) is 0 Å². The van der Waals surface area contributed by atoms with E-state index in [1.54, 1.807) is 0 Å². The first-order valence-corrected chi connectivity index (χ1v) is 4.11. The van der Waals surface area contributed by atoms with Gasteiger partial charge in [0, 0.05) is 0 Å². The Morgan fingerprint density at radius 2 is 2.00 bits per heavy atom. The molecule has 0 saturated carbocycles. The highest BCUT2D eigenvalue weighted by molar-refractivity contribution is 5.39. The number of aromatic hydroxyl groups is 1. The lowest BCUT2D eigenvalue weighted by molar-refractivity contribution is 0.469. The maximum atomic E-state index is 8.90. The molecule has 0 amide bonds. The molecule has 0 atom stereocenters. The Morgan fingerprint density at radius 1 is 1.31 bits per heavy atom. The Bertz CT molecular complexity index is 290. The number of unbranched alkanes of at least 4 members (excludes halogenated alkanes) is 1. The van der Waals surface area contributed by atoms with Crippen molar-refractivity contribution in [1.29, 1.82) is 0 Å². The first kappa shape index (κ1) is 9.45. The maximum absolute atomic E-state index is 8.90. The van der Waals surface area contributed by atoms with E-state index in [2.05, 4.69) is 16.5 Å². The van der Waals surface area contributed by atoms with Gasteiger partial charge < -0.3 is 5.11 Å². The predicted molar refractivity (Wildman–Crippen MR) is 52.2 cm³/mol. The van der Waals surface area contributed by atoms with Crippen molar-refractivity contribution in [1.82, 2.24) is 9.97 Å². The van der Waals surface area contributed by atoms with Crippen LogP contribution in [0.1, 0.15) is 18.7 Å². The van der Waals surface area contributed by atoms with Crippen molar-refractivity contribution in [3.05, 3.63) is 36.9 Å². The summed E-state index contributed by atoms with van der Waals surface area (Å²) < 4.78 is 0. The van der Waals surface area contributed by atoms with E-state index in [-0.39, 0.29) is 5.75 Å². The first-order chi connectivity index (χ1) is 6.33. The number of nitrogens with zero attached hydrogens (tertiary/aromatic N) is 2. The molecule has 13 heavy (non-hydrogen) atoms. The van der Waals surface area contributed by atoms with Crippen LogP contribution in [0, 0.1) is 0 Å². The van der Waals surface area contributed by atoms with Gasteiger partial charge >= 0.3 is 0 Å². The van der Waals surface area contributed by atoms with Crippen LogP contribution in [0.3, 0.4) is 0 Å². The lowest BCUT2D eigenvalue weighted by atomic mass is 10.3. The van der Waals surface area contributed by atoms with E-state index in [1.807, 2.05) is 18.2 Å². The van der Waals surface area contributed by atoms with Crippen molar-refractivity contribution in [2.24, 2.45) is 0 Å². The van der Waals surface area contributed by atoms with Gasteiger partial charge in [0.15, 0.2) is 11.6 Å². The van der Waals surface area contributed by atoms with Crippen molar-refractivity contribution >= 4 is 6.08 Å². The molecule has 1 aromatic rings. The van der Waals surface area contributed by atoms with E-state index >= 15 is 0 Å². The van der Waals surface area contributed by atoms with Crippen LogP contribution >= 0.6 is 0 Å². The third kappa shape index (κ3) is 3.51. The summed E-state index contributed by atoms with van der Waals surface area (Å²) in [5.41, 5.74) is 0. The molecule has 0 saturated heterocycles. The van der Waals surface area contributed by atoms with Crippen LogP contribution in [0.15, 0.2) is 31.1 Å². The zero-order chi connectivity index (χ0) is 9.52. The molecule has 0 aliphatic carbocycles. The second kappa shape index (κ2) is 5.09. The minimum absolute atomic E-state index is 0.0863. The number of hydrogen-bond acceptors (Lipinski definition) is 3. The molecule has 0 fully saturated rings. The van der Waals surface area contributed by atoms with Gasteiger partial charge in [-0.1, -0.05) is 12.2 Å². The van der Waals surface area contributed by atoms with E-state index in [4.69, 9.17) is 5.11 Å². The van der Waals surface area contributed by atoms with E-state index in [0.717, 1.165) is 12.8 Å². The van der Waals surface area contributed by atoms with Gasteiger partial charge in [-0.2, -0.15) is 0 Å². The smallest absolute Gasteiger partial charge is 0.152 e. The molecule has 0 unspecified atom stereocenters. The van der Waals surface area contributed by atoms with Crippen molar-refractivity contribution < 1.29 is 5.11 Å². The minimum atomic E-state index is 0.0863. The second-order valence-electron chi connectivity index (χ2n) is 2.57. The van der Waals surface area contributed by atoms with E-state index in [0.29, 0.717) is 5.82 Å². The molecule has 3 nitrogen and oxygen atoms in total. The topological polar surface area (TPSA) is 46.0 Å². The average Bonchev–Trinajstić information content (AvgIpc) is 2.15. The van der Waals surface area contributed by atoms with Gasteiger partial charge in [0.1, 0.15) is 0 Å². The van der Waals surface area contributed by atoms with Crippen LogP contribution in [-0.2, 0) is 0 Å². The van der Waals surface area contributed by atoms with Gasteiger partial charge in [0.05, 0.1) is 12.4 Å². The molecular weight excluding hydrogens is 164 g/mol. The molecule has 0 aliphatic heterocycles. The van der Waals surface area contributed by atoms with Crippen LogP contribution in [0.4, 0.5) is 0 Å².